The van der Waals surface area contributed by atoms with Crippen molar-refractivity contribution in [1.82, 2.24) is 5.32 Å². The second kappa shape index (κ2) is 6.87. The van der Waals surface area contributed by atoms with E-state index in [1.165, 1.54) is 19.2 Å². The maximum absolute atomic E-state index is 14.0. The van der Waals surface area contributed by atoms with E-state index >= 15 is 0 Å². The molecule has 2 nitrogen and oxygen atoms in total. The number of benzene rings is 2. The molecule has 1 atom stereocenters. The zero-order valence-corrected chi connectivity index (χ0v) is 12.5. The lowest BCUT2D eigenvalue weighted by atomic mass is 9.98. The number of likely N-dealkylation sites (N-methyl/N-ethyl adjacent to an activating group) is 1. The second-order valence-corrected chi connectivity index (χ2v) is 5.06. The van der Waals surface area contributed by atoms with Gasteiger partial charge in [-0.3, -0.25) is 0 Å². The first-order chi connectivity index (χ1) is 10.1. The Bertz CT molecular complexity index is 634. The molecule has 0 saturated carbocycles. The molecule has 2 aromatic rings. The smallest absolute Gasteiger partial charge is 0.165 e. The Kier molecular flexibility index (Phi) is 5.15. The first-order valence-electron chi connectivity index (χ1n) is 6.50. The van der Waals surface area contributed by atoms with Crippen molar-refractivity contribution >= 4 is 11.6 Å². The van der Waals surface area contributed by atoms with E-state index in [4.69, 9.17) is 16.3 Å². The van der Waals surface area contributed by atoms with Gasteiger partial charge < -0.3 is 10.1 Å². The van der Waals surface area contributed by atoms with Crippen LogP contribution in [0.1, 0.15) is 17.2 Å². The highest BCUT2D eigenvalue weighted by atomic mass is 35.5. The van der Waals surface area contributed by atoms with Gasteiger partial charge in [-0.1, -0.05) is 29.8 Å². The Hall–Kier alpha value is -1.65. The van der Waals surface area contributed by atoms with Gasteiger partial charge in [0, 0.05) is 6.04 Å². The van der Waals surface area contributed by atoms with Crippen molar-refractivity contribution in [2.24, 2.45) is 0 Å². The van der Waals surface area contributed by atoms with Gasteiger partial charge in [-0.15, -0.1) is 0 Å². The predicted octanol–water partition coefficient (Wildman–Crippen LogP) is 4.13. The molecule has 112 valence electrons. The van der Waals surface area contributed by atoms with Crippen molar-refractivity contribution in [1.29, 1.82) is 0 Å². The standard InChI is InChI=1S/C16H16ClF2NO/c1-20-14(9-11-4-3-5-12(17)16(11)19)10-6-7-15(21-2)13(18)8-10/h3-8,14,20H,9H2,1-2H3. The fraction of sp³-hybridized carbons (Fsp3) is 0.250. The molecular weight excluding hydrogens is 296 g/mol. The molecule has 0 heterocycles. The van der Waals surface area contributed by atoms with Crippen LogP contribution in [0.3, 0.4) is 0 Å². The van der Waals surface area contributed by atoms with Gasteiger partial charge in [0.2, 0.25) is 0 Å². The van der Waals surface area contributed by atoms with Crippen LogP contribution in [0.4, 0.5) is 8.78 Å². The van der Waals surface area contributed by atoms with E-state index in [0.29, 0.717) is 12.0 Å². The molecule has 0 bridgehead atoms. The van der Waals surface area contributed by atoms with Gasteiger partial charge in [0.1, 0.15) is 5.82 Å². The number of hydrogen-bond acceptors (Lipinski definition) is 2. The van der Waals surface area contributed by atoms with Gasteiger partial charge in [0.05, 0.1) is 12.1 Å². The van der Waals surface area contributed by atoms with E-state index in [1.54, 1.807) is 31.3 Å². The van der Waals surface area contributed by atoms with E-state index in [2.05, 4.69) is 5.32 Å². The highest BCUT2D eigenvalue weighted by Gasteiger charge is 2.16. The maximum Gasteiger partial charge on any atom is 0.165 e. The van der Waals surface area contributed by atoms with Crippen molar-refractivity contribution < 1.29 is 13.5 Å². The maximum atomic E-state index is 14.0. The monoisotopic (exact) mass is 311 g/mol. The lowest BCUT2D eigenvalue weighted by Gasteiger charge is -2.18. The van der Waals surface area contributed by atoms with Crippen molar-refractivity contribution in [2.45, 2.75) is 12.5 Å². The Balaban J connectivity index is 2.28. The van der Waals surface area contributed by atoms with Gasteiger partial charge in [0.25, 0.3) is 0 Å². The van der Waals surface area contributed by atoms with E-state index in [9.17, 15) is 8.78 Å². The Labute approximate surface area is 127 Å². The van der Waals surface area contributed by atoms with Crippen LogP contribution in [0.15, 0.2) is 36.4 Å². The average molecular weight is 312 g/mol. The third kappa shape index (κ3) is 3.52. The Morgan fingerprint density at radius 2 is 2.00 bits per heavy atom. The lowest BCUT2D eigenvalue weighted by molar-refractivity contribution is 0.385. The first kappa shape index (κ1) is 15.7. The van der Waals surface area contributed by atoms with Crippen LogP contribution in [0.25, 0.3) is 0 Å². The van der Waals surface area contributed by atoms with E-state index < -0.39 is 11.6 Å². The van der Waals surface area contributed by atoms with Crippen molar-refractivity contribution in [3.05, 3.63) is 64.2 Å². The summed E-state index contributed by atoms with van der Waals surface area (Å²) in [6.07, 6.45) is 0.370. The Morgan fingerprint density at radius 3 is 2.62 bits per heavy atom. The van der Waals surface area contributed by atoms with Crippen molar-refractivity contribution in [3.63, 3.8) is 0 Å². The summed E-state index contributed by atoms with van der Waals surface area (Å²) in [4.78, 5) is 0. The molecular formula is C16H16ClF2NO. The fourth-order valence-corrected chi connectivity index (χ4v) is 2.41. The van der Waals surface area contributed by atoms with Crippen LogP contribution in [0, 0.1) is 11.6 Å². The molecule has 1 N–H and O–H groups in total. The minimum absolute atomic E-state index is 0.0864. The molecule has 0 aromatic heterocycles. The summed E-state index contributed by atoms with van der Waals surface area (Å²) in [6, 6.07) is 9.35. The molecule has 0 aliphatic heterocycles. The van der Waals surface area contributed by atoms with Gasteiger partial charge in [-0.25, -0.2) is 8.78 Å². The van der Waals surface area contributed by atoms with Crippen molar-refractivity contribution in [3.8, 4) is 5.75 Å². The average Bonchev–Trinajstić information content (AvgIpc) is 2.48. The molecule has 0 radical (unpaired) electrons. The topological polar surface area (TPSA) is 21.3 Å². The summed E-state index contributed by atoms with van der Waals surface area (Å²) in [5, 5.41) is 3.15. The number of rotatable bonds is 5. The summed E-state index contributed by atoms with van der Waals surface area (Å²) in [7, 11) is 3.16. The zero-order chi connectivity index (χ0) is 15.4. The molecule has 2 aromatic carbocycles. The molecule has 0 saturated heterocycles. The molecule has 0 fully saturated rings. The van der Waals surface area contributed by atoms with Gasteiger partial charge in [0.15, 0.2) is 11.6 Å². The minimum atomic E-state index is -0.443. The van der Waals surface area contributed by atoms with E-state index in [0.717, 1.165) is 5.56 Å². The van der Waals surface area contributed by atoms with Crippen LogP contribution < -0.4 is 10.1 Å². The molecule has 0 amide bonds. The molecule has 21 heavy (non-hydrogen) atoms. The lowest BCUT2D eigenvalue weighted by Crippen LogP contribution is -2.19. The normalized spacial score (nSPS) is 12.2. The zero-order valence-electron chi connectivity index (χ0n) is 11.8. The van der Waals surface area contributed by atoms with Gasteiger partial charge in [-0.2, -0.15) is 0 Å². The van der Waals surface area contributed by atoms with E-state index in [1.807, 2.05) is 0 Å². The summed E-state index contributed by atoms with van der Waals surface area (Å²) in [5.74, 6) is -0.697. The summed E-state index contributed by atoms with van der Waals surface area (Å²) in [5.41, 5.74) is 1.20. The highest BCUT2D eigenvalue weighted by molar-refractivity contribution is 6.30. The predicted molar refractivity (Wildman–Crippen MR) is 79.9 cm³/mol. The number of hydrogen-bond donors (Lipinski definition) is 1. The first-order valence-corrected chi connectivity index (χ1v) is 6.88. The minimum Gasteiger partial charge on any atom is -0.494 e. The summed E-state index contributed by atoms with van der Waals surface area (Å²) in [6.45, 7) is 0. The molecule has 0 aliphatic rings. The number of methoxy groups -OCH3 is 1. The van der Waals surface area contributed by atoms with Crippen LogP contribution in [-0.2, 0) is 6.42 Å². The molecule has 1 unspecified atom stereocenters. The number of nitrogens with one attached hydrogen (secondary N) is 1. The SMILES string of the molecule is CNC(Cc1cccc(Cl)c1F)c1ccc(OC)c(F)c1. The third-order valence-corrected chi connectivity index (χ3v) is 3.67. The largest absolute Gasteiger partial charge is 0.494 e. The third-order valence-electron chi connectivity index (χ3n) is 3.38. The van der Waals surface area contributed by atoms with Crippen molar-refractivity contribution in [2.75, 3.05) is 14.2 Å². The van der Waals surface area contributed by atoms with E-state index in [-0.39, 0.29) is 16.8 Å². The molecule has 0 aliphatic carbocycles. The molecule has 0 spiro atoms. The van der Waals surface area contributed by atoms with Crippen LogP contribution in [0.5, 0.6) is 5.75 Å². The summed E-state index contributed by atoms with van der Waals surface area (Å²) >= 11 is 5.78. The Morgan fingerprint density at radius 1 is 1.24 bits per heavy atom. The second-order valence-electron chi connectivity index (χ2n) is 4.65. The van der Waals surface area contributed by atoms with Gasteiger partial charge >= 0.3 is 0 Å². The highest BCUT2D eigenvalue weighted by Crippen LogP contribution is 2.26. The molecule has 2 rings (SSSR count). The van der Waals surface area contributed by atoms with Crippen LogP contribution in [0.2, 0.25) is 5.02 Å². The molecule has 5 heteroatoms. The van der Waals surface area contributed by atoms with Crippen LogP contribution >= 0.6 is 11.6 Å². The van der Waals surface area contributed by atoms with Gasteiger partial charge in [-0.05, 0) is 42.8 Å². The summed E-state index contributed by atoms with van der Waals surface area (Å²) < 4.78 is 32.6. The number of ether oxygens (including phenoxy) is 1. The number of halogens is 3. The van der Waals surface area contributed by atoms with Crippen LogP contribution in [-0.4, -0.2) is 14.2 Å². The quantitative estimate of drug-likeness (QED) is 0.896. The fourth-order valence-electron chi connectivity index (χ4n) is 2.21.